The summed E-state index contributed by atoms with van der Waals surface area (Å²) in [6.07, 6.45) is 5.03. The quantitative estimate of drug-likeness (QED) is 0.734. The molecule has 1 N–H and O–H groups in total. The highest BCUT2D eigenvalue weighted by atomic mass is 16.3. The van der Waals surface area contributed by atoms with Crippen LogP contribution in [0.5, 0.6) is 0 Å². The van der Waals surface area contributed by atoms with Crippen molar-refractivity contribution >= 4 is 17.8 Å². The van der Waals surface area contributed by atoms with Gasteiger partial charge < -0.3 is 9.73 Å². The van der Waals surface area contributed by atoms with Gasteiger partial charge in [0.1, 0.15) is 11.4 Å². The van der Waals surface area contributed by atoms with Gasteiger partial charge in [0.05, 0.1) is 19.0 Å². The Morgan fingerprint density at radius 1 is 1.33 bits per heavy atom. The summed E-state index contributed by atoms with van der Waals surface area (Å²) in [5.74, 6) is 0.396. The van der Waals surface area contributed by atoms with Crippen LogP contribution in [-0.2, 0) is 13.6 Å². The van der Waals surface area contributed by atoms with Crippen LogP contribution in [0.4, 0.5) is 5.69 Å². The number of carbonyl (C=O) groups excluding carboxylic acids is 1. The van der Waals surface area contributed by atoms with E-state index in [1.807, 2.05) is 31.2 Å². The number of aryl methyl sites for hydroxylation is 2. The predicted octanol–water partition coefficient (Wildman–Crippen LogP) is 3.00. The second-order valence-corrected chi connectivity index (χ2v) is 5.41. The van der Waals surface area contributed by atoms with Gasteiger partial charge >= 0.3 is 0 Å². The van der Waals surface area contributed by atoms with Crippen molar-refractivity contribution in [2.75, 3.05) is 0 Å². The third kappa shape index (κ3) is 3.60. The van der Waals surface area contributed by atoms with Crippen LogP contribution >= 0.6 is 0 Å². The summed E-state index contributed by atoms with van der Waals surface area (Å²) in [5, 5.41) is 6.99. The molecule has 2 aromatic heterocycles. The van der Waals surface area contributed by atoms with Gasteiger partial charge in [-0.25, -0.2) is 0 Å². The molecule has 3 aromatic rings. The van der Waals surface area contributed by atoms with E-state index in [4.69, 9.17) is 4.42 Å². The van der Waals surface area contributed by atoms with Gasteiger partial charge in [-0.2, -0.15) is 5.10 Å². The maximum atomic E-state index is 12.3. The zero-order valence-electron chi connectivity index (χ0n) is 13.6. The lowest BCUT2D eigenvalue weighted by molar-refractivity contribution is 0.0943. The van der Waals surface area contributed by atoms with E-state index in [-0.39, 0.29) is 11.6 Å². The van der Waals surface area contributed by atoms with Crippen molar-refractivity contribution in [3.8, 4) is 0 Å². The van der Waals surface area contributed by atoms with E-state index in [2.05, 4.69) is 15.4 Å². The fourth-order valence-electron chi connectivity index (χ4n) is 2.27. The third-order valence-electron chi connectivity index (χ3n) is 3.56. The van der Waals surface area contributed by atoms with Gasteiger partial charge in [-0.1, -0.05) is 24.3 Å². The SMILES string of the molecule is Cc1ccccc1C=Nc1cn(C)nc1C(=O)NCc1ccco1. The highest BCUT2D eigenvalue weighted by molar-refractivity contribution is 5.98. The number of furan rings is 1. The first-order chi connectivity index (χ1) is 11.6. The monoisotopic (exact) mass is 322 g/mol. The Kier molecular flexibility index (Phi) is 4.56. The Hall–Kier alpha value is -3.15. The molecule has 0 unspecified atom stereocenters. The lowest BCUT2D eigenvalue weighted by Gasteiger charge is -2.01. The maximum absolute atomic E-state index is 12.3. The number of aliphatic imine (C=N–C) groups is 1. The molecule has 0 bridgehead atoms. The van der Waals surface area contributed by atoms with E-state index in [0.717, 1.165) is 11.1 Å². The molecule has 3 rings (SSSR count). The Labute approximate surface area is 139 Å². The fourth-order valence-corrected chi connectivity index (χ4v) is 2.27. The van der Waals surface area contributed by atoms with Crippen LogP contribution in [0.1, 0.15) is 27.4 Å². The number of hydrogen-bond acceptors (Lipinski definition) is 4. The summed E-state index contributed by atoms with van der Waals surface area (Å²) in [5.41, 5.74) is 2.93. The first kappa shape index (κ1) is 15.7. The number of hydrogen-bond donors (Lipinski definition) is 1. The molecular weight excluding hydrogens is 304 g/mol. The van der Waals surface area contributed by atoms with Crippen LogP contribution in [0, 0.1) is 6.92 Å². The first-order valence-corrected chi connectivity index (χ1v) is 7.57. The van der Waals surface area contributed by atoms with Gasteiger partial charge in [-0.15, -0.1) is 0 Å². The molecule has 1 amide bonds. The van der Waals surface area contributed by atoms with Crippen molar-refractivity contribution in [1.29, 1.82) is 0 Å². The number of amides is 1. The Morgan fingerprint density at radius 2 is 2.17 bits per heavy atom. The molecule has 0 fully saturated rings. The molecule has 0 aliphatic rings. The van der Waals surface area contributed by atoms with Crippen molar-refractivity contribution in [2.45, 2.75) is 13.5 Å². The third-order valence-corrected chi connectivity index (χ3v) is 3.56. The number of rotatable bonds is 5. The Morgan fingerprint density at radius 3 is 2.92 bits per heavy atom. The molecule has 0 radical (unpaired) electrons. The average Bonchev–Trinajstić information content (AvgIpc) is 3.21. The molecule has 0 aliphatic heterocycles. The van der Waals surface area contributed by atoms with Crippen LogP contribution in [0.15, 0.2) is 58.3 Å². The van der Waals surface area contributed by atoms with Crippen LogP contribution in [0.3, 0.4) is 0 Å². The maximum Gasteiger partial charge on any atom is 0.274 e. The lowest BCUT2D eigenvalue weighted by Crippen LogP contribution is -2.23. The van der Waals surface area contributed by atoms with Gasteiger partial charge in [-0.05, 0) is 30.2 Å². The number of nitrogens with one attached hydrogen (secondary N) is 1. The van der Waals surface area contributed by atoms with Crippen LogP contribution < -0.4 is 5.32 Å². The summed E-state index contributed by atoms with van der Waals surface area (Å²) in [6, 6.07) is 11.5. The number of nitrogens with zero attached hydrogens (tertiary/aromatic N) is 3. The summed E-state index contributed by atoms with van der Waals surface area (Å²) in [4.78, 5) is 16.8. The molecule has 0 aliphatic carbocycles. The van der Waals surface area contributed by atoms with E-state index in [0.29, 0.717) is 18.0 Å². The second-order valence-electron chi connectivity index (χ2n) is 5.41. The molecule has 2 heterocycles. The molecule has 6 heteroatoms. The standard InChI is InChI=1S/C18H18N4O2/c1-13-6-3-4-7-14(13)10-19-16-12-22(2)21-17(16)18(23)20-11-15-8-5-9-24-15/h3-10,12H,11H2,1-2H3,(H,20,23). The van der Waals surface area contributed by atoms with Crippen LogP contribution in [0.25, 0.3) is 0 Å². The first-order valence-electron chi connectivity index (χ1n) is 7.57. The minimum Gasteiger partial charge on any atom is -0.467 e. The van der Waals surface area contributed by atoms with Gasteiger partial charge in [-0.3, -0.25) is 14.5 Å². The summed E-state index contributed by atoms with van der Waals surface area (Å²) in [6.45, 7) is 2.32. The van der Waals surface area contributed by atoms with E-state index in [1.54, 1.807) is 42.5 Å². The topological polar surface area (TPSA) is 72.4 Å². The Bertz CT molecular complexity index is 863. The lowest BCUT2D eigenvalue weighted by atomic mass is 10.1. The molecule has 0 spiro atoms. The summed E-state index contributed by atoms with van der Waals surface area (Å²) in [7, 11) is 1.76. The zero-order chi connectivity index (χ0) is 16.9. The van der Waals surface area contributed by atoms with Crippen molar-refractivity contribution in [1.82, 2.24) is 15.1 Å². The molecule has 6 nitrogen and oxygen atoms in total. The van der Waals surface area contributed by atoms with E-state index in [1.165, 1.54) is 0 Å². The summed E-state index contributed by atoms with van der Waals surface area (Å²) >= 11 is 0. The minimum absolute atomic E-state index is 0.286. The molecule has 1 aromatic carbocycles. The fraction of sp³-hybridized carbons (Fsp3) is 0.167. The molecule has 0 atom stereocenters. The van der Waals surface area contributed by atoms with Crippen molar-refractivity contribution < 1.29 is 9.21 Å². The minimum atomic E-state index is -0.288. The molecule has 0 saturated heterocycles. The number of benzene rings is 1. The highest BCUT2D eigenvalue weighted by Crippen LogP contribution is 2.18. The zero-order valence-corrected chi connectivity index (χ0v) is 13.6. The molecule has 122 valence electrons. The van der Waals surface area contributed by atoms with Crippen LogP contribution in [0.2, 0.25) is 0 Å². The van der Waals surface area contributed by atoms with Crippen molar-refractivity contribution in [2.24, 2.45) is 12.0 Å². The second kappa shape index (κ2) is 6.95. The predicted molar refractivity (Wildman–Crippen MR) is 91.5 cm³/mol. The largest absolute Gasteiger partial charge is 0.467 e. The van der Waals surface area contributed by atoms with Gasteiger partial charge in [0.15, 0.2) is 5.69 Å². The molecule has 24 heavy (non-hydrogen) atoms. The average molecular weight is 322 g/mol. The molecular formula is C18H18N4O2. The number of aromatic nitrogens is 2. The van der Waals surface area contributed by atoms with Gasteiger partial charge in [0, 0.05) is 13.3 Å². The number of carbonyl (C=O) groups is 1. The van der Waals surface area contributed by atoms with Gasteiger partial charge in [0.2, 0.25) is 0 Å². The van der Waals surface area contributed by atoms with E-state index < -0.39 is 0 Å². The van der Waals surface area contributed by atoms with Gasteiger partial charge in [0.25, 0.3) is 5.91 Å². The van der Waals surface area contributed by atoms with E-state index >= 15 is 0 Å². The highest BCUT2D eigenvalue weighted by Gasteiger charge is 2.15. The van der Waals surface area contributed by atoms with Crippen LogP contribution in [-0.4, -0.2) is 21.9 Å². The normalized spacial score (nSPS) is 11.1. The van der Waals surface area contributed by atoms with E-state index in [9.17, 15) is 4.79 Å². The molecule has 0 saturated carbocycles. The Balaban J connectivity index is 1.77. The summed E-state index contributed by atoms with van der Waals surface area (Å²) < 4.78 is 6.78. The van der Waals surface area contributed by atoms with Crippen molar-refractivity contribution in [3.63, 3.8) is 0 Å². The van der Waals surface area contributed by atoms with Crippen molar-refractivity contribution in [3.05, 3.63) is 71.4 Å². The smallest absolute Gasteiger partial charge is 0.274 e.